The van der Waals surface area contributed by atoms with Gasteiger partial charge in [0, 0.05) is 7.05 Å². The number of thioether (sulfide) groups is 1. The van der Waals surface area contributed by atoms with Gasteiger partial charge in [-0.1, -0.05) is 43.5 Å². The van der Waals surface area contributed by atoms with Gasteiger partial charge >= 0.3 is 0 Å². The lowest BCUT2D eigenvalue weighted by atomic mass is 9.93. The third-order valence-electron chi connectivity index (χ3n) is 3.53. The molecular weight excluding hydrogens is 326 g/mol. The van der Waals surface area contributed by atoms with Gasteiger partial charge < -0.3 is 10.6 Å². The van der Waals surface area contributed by atoms with Crippen LogP contribution in [0.2, 0.25) is 0 Å². The number of nitrogens with one attached hydrogen (secondary N) is 2. The summed E-state index contributed by atoms with van der Waals surface area (Å²) in [6.45, 7) is 4.24. The molecule has 0 unspecified atom stereocenters. The molecule has 2 heterocycles. The van der Waals surface area contributed by atoms with Gasteiger partial charge in [0.25, 0.3) is 0 Å². The summed E-state index contributed by atoms with van der Waals surface area (Å²) in [5.41, 5.74) is -0.355. The van der Waals surface area contributed by atoms with Gasteiger partial charge in [0.15, 0.2) is 5.16 Å². The van der Waals surface area contributed by atoms with Crippen LogP contribution < -0.4 is 10.6 Å². The van der Waals surface area contributed by atoms with E-state index in [0.717, 1.165) is 17.7 Å². The van der Waals surface area contributed by atoms with Gasteiger partial charge in [-0.25, -0.2) is 0 Å². The van der Waals surface area contributed by atoms with E-state index in [-0.39, 0.29) is 5.54 Å². The van der Waals surface area contributed by atoms with Crippen LogP contribution in [0.15, 0.2) is 22.7 Å². The minimum atomic E-state index is -0.355. The third kappa shape index (κ3) is 4.60. The zero-order valence-corrected chi connectivity index (χ0v) is 15.4. The van der Waals surface area contributed by atoms with Crippen molar-refractivity contribution in [2.75, 3.05) is 23.9 Å². The zero-order chi connectivity index (χ0) is 16.7. The predicted molar refractivity (Wildman–Crippen MR) is 99.3 cm³/mol. The lowest BCUT2D eigenvalue weighted by Crippen LogP contribution is -2.36. The van der Waals surface area contributed by atoms with E-state index in [9.17, 15) is 0 Å². The van der Waals surface area contributed by atoms with Crippen molar-refractivity contribution < 1.29 is 0 Å². The van der Waals surface area contributed by atoms with E-state index in [1.807, 2.05) is 23.8 Å². The average molecular weight is 348 g/mol. The molecule has 0 bridgehead atoms. The highest BCUT2D eigenvalue weighted by Crippen LogP contribution is 2.22. The number of hydrogen-bond acceptors (Lipinski definition) is 7. The van der Waals surface area contributed by atoms with Gasteiger partial charge in [0.2, 0.25) is 11.9 Å². The molecule has 2 rings (SSSR count). The molecule has 2 aromatic rings. The van der Waals surface area contributed by atoms with Crippen molar-refractivity contribution in [3.63, 3.8) is 0 Å². The maximum Gasteiger partial charge on any atom is 0.229 e. The van der Waals surface area contributed by atoms with E-state index in [2.05, 4.69) is 51.3 Å². The molecule has 0 saturated carbocycles. The molecular formula is C16H21N5S2. The van der Waals surface area contributed by atoms with Crippen LogP contribution in [0.5, 0.6) is 0 Å². The summed E-state index contributed by atoms with van der Waals surface area (Å²) < 4.78 is 0. The van der Waals surface area contributed by atoms with Crippen LogP contribution in [0.1, 0.15) is 31.6 Å². The second-order valence-corrected chi connectivity index (χ2v) is 6.58. The van der Waals surface area contributed by atoms with Crippen LogP contribution in [0.4, 0.5) is 11.9 Å². The first-order valence-corrected chi connectivity index (χ1v) is 9.57. The van der Waals surface area contributed by atoms with Crippen LogP contribution in [-0.2, 0) is 0 Å². The highest BCUT2D eigenvalue weighted by atomic mass is 32.2. The van der Waals surface area contributed by atoms with Crippen molar-refractivity contribution in [1.29, 1.82) is 0 Å². The van der Waals surface area contributed by atoms with Crippen LogP contribution in [-0.4, -0.2) is 33.8 Å². The summed E-state index contributed by atoms with van der Waals surface area (Å²) in [5.74, 6) is 7.75. The van der Waals surface area contributed by atoms with Crippen molar-refractivity contribution in [1.82, 2.24) is 15.0 Å². The number of thiophene rings is 1. The molecule has 0 aliphatic carbocycles. The van der Waals surface area contributed by atoms with Crippen molar-refractivity contribution in [3.8, 4) is 11.8 Å². The maximum atomic E-state index is 4.45. The number of rotatable bonds is 6. The van der Waals surface area contributed by atoms with Gasteiger partial charge in [-0.2, -0.15) is 15.0 Å². The van der Waals surface area contributed by atoms with Crippen LogP contribution in [0.25, 0.3) is 0 Å². The average Bonchev–Trinajstić information content (AvgIpc) is 3.12. The molecule has 0 saturated heterocycles. The third-order valence-corrected chi connectivity index (χ3v) is 4.86. The van der Waals surface area contributed by atoms with E-state index < -0.39 is 0 Å². The normalized spacial score (nSPS) is 10.8. The van der Waals surface area contributed by atoms with Crippen LogP contribution >= 0.6 is 23.1 Å². The molecule has 0 aliphatic rings. The molecule has 0 amide bonds. The Morgan fingerprint density at radius 1 is 1.22 bits per heavy atom. The SMILES string of the molecule is CCC(C#Cc1cccs1)(CC)Nc1nc(NC)nc(SC)n1. The van der Waals surface area contributed by atoms with Crippen molar-refractivity contribution in [3.05, 3.63) is 22.4 Å². The molecule has 2 aromatic heterocycles. The Morgan fingerprint density at radius 2 is 1.96 bits per heavy atom. The molecule has 0 aliphatic heterocycles. The highest BCUT2D eigenvalue weighted by molar-refractivity contribution is 7.98. The summed E-state index contributed by atoms with van der Waals surface area (Å²) >= 11 is 3.14. The van der Waals surface area contributed by atoms with Crippen molar-refractivity contribution >= 4 is 35.0 Å². The lowest BCUT2D eigenvalue weighted by molar-refractivity contribution is 0.548. The Kier molecular flexibility index (Phi) is 6.25. The molecule has 2 N–H and O–H groups in total. The molecule has 0 spiro atoms. The van der Waals surface area contributed by atoms with E-state index in [1.165, 1.54) is 11.8 Å². The fourth-order valence-corrected chi connectivity index (χ4v) is 2.92. The van der Waals surface area contributed by atoms with E-state index >= 15 is 0 Å². The summed E-state index contributed by atoms with van der Waals surface area (Å²) in [4.78, 5) is 14.2. The predicted octanol–water partition coefficient (Wildman–Crippen LogP) is 3.72. The molecule has 5 nitrogen and oxygen atoms in total. The smallest absolute Gasteiger partial charge is 0.229 e. The van der Waals surface area contributed by atoms with E-state index in [4.69, 9.17) is 0 Å². The second kappa shape index (κ2) is 8.18. The first kappa shape index (κ1) is 17.6. The Hall–Kier alpha value is -1.78. The summed E-state index contributed by atoms with van der Waals surface area (Å²) in [7, 11) is 1.80. The first-order valence-electron chi connectivity index (χ1n) is 7.47. The minimum Gasteiger partial charge on any atom is -0.357 e. The number of aromatic nitrogens is 3. The Morgan fingerprint density at radius 3 is 2.52 bits per heavy atom. The van der Waals surface area contributed by atoms with Gasteiger partial charge in [-0.3, -0.25) is 0 Å². The summed E-state index contributed by atoms with van der Waals surface area (Å²) in [6, 6.07) is 4.04. The van der Waals surface area contributed by atoms with Crippen molar-refractivity contribution in [2.45, 2.75) is 37.4 Å². The fourth-order valence-electron chi connectivity index (χ4n) is 2.00. The number of anilines is 2. The second-order valence-electron chi connectivity index (χ2n) is 4.86. The standard InChI is InChI=1S/C16H21N5S2/c1-5-16(6-2,10-9-12-8-7-11-23-12)21-14-18-13(17-3)19-15(20-14)22-4/h7-8,11H,5-6H2,1-4H3,(H2,17,18,19,20,21). The molecule has 7 heteroatoms. The van der Waals surface area contributed by atoms with Gasteiger partial charge in [0.1, 0.15) is 5.54 Å². The molecule has 23 heavy (non-hydrogen) atoms. The van der Waals surface area contributed by atoms with Crippen LogP contribution in [0, 0.1) is 11.8 Å². The van der Waals surface area contributed by atoms with Crippen molar-refractivity contribution in [2.24, 2.45) is 0 Å². The van der Waals surface area contributed by atoms with E-state index in [1.54, 1.807) is 18.4 Å². The van der Waals surface area contributed by atoms with Gasteiger partial charge in [0.05, 0.1) is 4.88 Å². The topological polar surface area (TPSA) is 62.7 Å². The Balaban J connectivity index is 2.31. The zero-order valence-electron chi connectivity index (χ0n) is 13.8. The molecule has 0 aromatic carbocycles. The van der Waals surface area contributed by atoms with Gasteiger partial charge in [-0.15, -0.1) is 11.3 Å². The fraction of sp³-hybridized carbons (Fsp3) is 0.438. The van der Waals surface area contributed by atoms with Gasteiger partial charge in [-0.05, 0) is 30.5 Å². The largest absolute Gasteiger partial charge is 0.357 e. The quantitative estimate of drug-likeness (QED) is 0.613. The Bertz CT molecular complexity index is 662. The van der Waals surface area contributed by atoms with E-state index in [0.29, 0.717) is 17.1 Å². The first-order chi connectivity index (χ1) is 11.1. The molecule has 122 valence electrons. The monoisotopic (exact) mass is 347 g/mol. The minimum absolute atomic E-state index is 0.355. The maximum absolute atomic E-state index is 4.45. The van der Waals surface area contributed by atoms with Crippen LogP contribution in [0.3, 0.4) is 0 Å². The summed E-state index contributed by atoms with van der Waals surface area (Å²) in [6.07, 6.45) is 3.66. The summed E-state index contributed by atoms with van der Waals surface area (Å²) in [5, 5.41) is 9.10. The molecule has 0 fully saturated rings. The number of hydrogen-bond donors (Lipinski definition) is 2. The molecule has 0 atom stereocenters. The highest BCUT2D eigenvalue weighted by Gasteiger charge is 2.25. The Labute approximate surface area is 145 Å². The number of nitrogens with zero attached hydrogens (tertiary/aromatic N) is 3. The lowest BCUT2D eigenvalue weighted by Gasteiger charge is -2.27. The molecule has 0 radical (unpaired) electrons.